The zero-order valence-electron chi connectivity index (χ0n) is 15.8. The van der Waals surface area contributed by atoms with Gasteiger partial charge in [-0.15, -0.1) is 0 Å². The van der Waals surface area contributed by atoms with Crippen molar-refractivity contribution in [1.29, 1.82) is 5.26 Å². The number of carbonyl (C=O) groups is 1. The molecule has 0 fully saturated rings. The number of nitrogens with one attached hydrogen (secondary N) is 1. The minimum Gasteiger partial charge on any atom is -0.493 e. The van der Waals surface area contributed by atoms with Crippen LogP contribution in [0.3, 0.4) is 0 Å². The fourth-order valence-corrected chi connectivity index (χ4v) is 2.64. The largest absolute Gasteiger partial charge is 0.493 e. The van der Waals surface area contributed by atoms with E-state index in [1.54, 1.807) is 12.1 Å². The van der Waals surface area contributed by atoms with Crippen molar-refractivity contribution in [3.63, 3.8) is 0 Å². The van der Waals surface area contributed by atoms with Gasteiger partial charge in [-0.2, -0.15) is 5.26 Å². The second-order valence-corrected chi connectivity index (χ2v) is 5.70. The third-order valence-electron chi connectivity index (χ3n) is 4.05. The lowest BCUT2D eigenvalue weighted by atomic mass is 10.1. The molecule has 2 rings (SSSR count). The number of rotatable bonds is 7. The second kappa shape index (κ2) is 9.30. The second-order valence-electron chi connectivity index (χ2n) is 5.70. The molecule has 6 heteroatoms. The number of methoxy groups -OCH3 is 3. The van der Waals surface area contributed by atoms with Crippen molar-refractivity contribution in [1.82, 2.24) is 5.32 Å². The van der Waals surface area contributed by atoms with Crippen molar-refractivity contribution in [2.24, 2.45) is 0 Å². The first kappa shape index (κ1) is 19.9. The smallest absolute Gasteiger partial charge is 0.262 e. The highest BCUT2D eigenvalue weighted by Crippen LogP contribution is 2.40. The van der Waals surface area contributed by atoms with Gasteiger partial charge in [-0.25, -0.2) is 0 Å². The maximum absolute atomic E-state index is 12.5. The number of hydrogen-bond donors (Lipinski definition) is 1. The molecule has 0 aromatic heterocycles. The number of carbonyl (C=O) groups excluding carboxylic acids is 1. The Balaban J connectivity index is 2.33. The summed E-state index contributed by atoms with van der Waals surface area (Å²) in [6, 6.07) is 14.6. The molecule has 27 heavy (non-hydrogen) atoms. The van der Waals surface area contributed by atoms with Gasteiger partial charge in [-0.3, -0.25) is 4.79 Å². The van der Waals surface area contributed by atoms with Crippen molar-refractivity contribution in [3.8, 4) is 23.3 Å². The summed E-state index contributed by atoms with van der Waals surface area (Å²) in [4.78, 5) is 12.5. The van der Waals surface area contributed by atoms with E-state index in [-0.39, 0.29) is 11.6 Å². The van der Waals surface area contributed by atoms with Crippen LogP contribution < -0.4 is 19.5 Å². The van der Waals surface area contributed by atoms with Crippen LogP contribution in [0.4, 0.5) is 0 Å². The molecule has 0 spiro atoms. The summed E-state index contributed by atoms with van der Waals surface area (Å²) < 4.78 is 16.0. The van der Waals surface area contributed by atoms with Gasteiger partial charge in [0.05, 0.1) is 27.4 Å². The van der Waals surface area contributed by atoms with Crippen LogP contribution in [-0.4, -0.2) is 27.2 Å². The molecule has 0 bridgehead atoms. The monoisotopic (exact) mass is 366 g/mol. The van der Waals surface area contributed by atoms with Crippen LogP contribution in [0.1, 0.15) is 24.1 Å². The maximum atomic E-state index is 12.5. The van der Waals surface area contributed by atoms with Gasteiger partial charge in [-0.1, -0.05) is 30.3 Å². The van der Waals surface area contributed by atoms with Gasteiger partial charge < -0.3 is 19.5 Å². The highest BCUT2D eigenvalue weighted by molar-refractivity contribution is 6.02. The predicted molar refractivity (Wildman–Crippen MR) is 103 cm³/mol. The number of amides is 1. The SMILES string of the molecule is COc1ccc(/C=C(\C#N)C(=O)N[C@H](C)c2ccccc2)c(OC)c1OC. The Morgan fingerprint density at radius 1 is 1.04 bits per heavy atom. The van der Waals surface area contributed by atoms with Gasteiger partial charge in [0.25, 0.3) is 5.91 Å². The average Bonchev–Trinajstić information content (AvgIpc) is 2.71. The standard InChI is InChI=1S/C21H22N2O4/c1-14(15-8-6-5-7-9-15)23-21(24)17(13-22)12-16-10-11-18(25-2)20(27-4)19(16)26-3/h5-12,14H,1-4H3,(H,23,24)/b17-12+/t14-/m1/s1. The Hall–Kier alpha value is -3.46. The van der Waals surface area contributed by atoms with E-state index in [9.17, 15) is 10.1 Å². The van der Waals surface area contributed by atoms with Gasteiger partial charge in [-0.05, 0) is 30.7 Å². The lowest BCUT2D eigenvalue weighted by Gasteiger charge is -2.15. The highest BCUT2D eigenvalue weighted by Gasteiger charge is 2.18. The molecule has 0 radical (unpaired) electrons. The Morgan fingerprint density at radius 2 is 1.70 bits per heavy atom. The highest BCUT2D eigenvalue weighted by atomic mass is 16.5. The summed E-state index contributed by atoms with van der Waals surface area (Å²) in [5, 5.41) is 12.3. The first-order chi connectivity index (χ1) is 13.0. The molecule has 0 saturated heterocycles. The van der Waals surface area contributed by atoms with Gasteiger partial charge >= 0.3 is 0 Å². The van der Waals surface area contributed by atoms with Crippen LogP contribution in [0.5, 0.6) is 17.2 Å². The van der Waals surface area contributed by atoms with Crippen molar-refractivity contribution < 1.29 is 19.0 Å². The lowest BCUT2D eigenvalue weighted by molar-refractivity contribution is -0.117. The summed E-state index contributed by atoms with van der Waals surface area (Å²) in [7, 11) is 4.50. The van der Waals surface area contributed by atoms with Gasteiger partial charge in [0.1, 0.15) is 11.6 Å². The minimum absolute atomic E-state index is 0.0386. The Labute approximate surface area is 159 Å². The van der Waals surface area contributed by atoms with Crippen LogP contribution in [0.2, 0.25) is 0 Å². The van der Waals surface area contributed by atoms with Gasteiger partial charge in [0.2, 0.25) is 5.75 Å². The first-order valence-corrected chi connectivity index (χ1v) is 8.32. The average molecular weight is 366 g/mol. The molecule has 140 valence electrons. The fraction of sp³-hybridized carbons (Fsp3) is 0.238. The summed E-state index contributed by atoms with van der Waals surface area (Å²) in [5.74, 6) is 0.801. The Morgan fingerprint density at radius 3 is 2.26 bits per heavy atom. The summed E-state index contributed by atoms with van der Waals surface area (Å²) >= 11 is 0. The third-order valence-corrected chi connectivity index (χ3v) is 4.05. The molecule has 0 unspecified atom stereocenters. The molecule has 0 saturated carbocycles. The topological polar surface area (TPSA) is 80.6 Å². The molecule has 1 N–H and O–H groups in total. The van der Waals surface area contributed by atoms with Crippen LogP contribution in [0.25, 0.3) is 6.08 Å². The molecule has 0 aliphatic rings. The molecule has 2 aromatic carbocycles. The van der Waals surface area contributed by atoms with E-state index in [1.807, 2.05) is 43.3 Å². The predicted octanol–water partition coefficient (Wildman–Crippen LogP) is 3.50. The number of nitriles is 1. The van der Waals surface area contributed by atoms with Gasteiger partial charge in [0, 0.05) is 5.56 Å². The van der Waals surface area contributed by atoms with Crippen LogP contribution in [-0.2, 0) is 4.79 Å². The molecule has 6 nitrogen and oxygen atoms in total. The van der Waals surface area contributed by atoms with Crippen LogP contribution in [0, 0.1) is 11.3 Å². The fourth-order valence-electron chi connectivity index (χ4n) is 2.64. The van der Waals surface area contributed by atoms with E-state index < -0.39 is 5.91 Å². The van der Waals surface area contributed by atoms with Crippen molar-refractivity contribution in [2.75, 3.05) is 21.3 Å². The summed E-state index contributed by atoms with van der Waals surface area (Å²) in [6.07, 6.45) is 1.47. The lowest BCUT2D eigenvalue weighted by Crippen LogP contribution is -2.27. The molecule has 1 amide bonds. The van der Waals surface area contributed by atoms with E-state index >= 15 is 0 Å². The summed E-state index contributed by atoms with van der Waals surface area (Å²) in [5.41, 5.74) is 1.45. The number of ether oxygens (including phenoxy) is 3. The van der Waals surface area contributed by atoms with Crippen LogP contribution >= 0.6 is 0 Å². The van der Waals surface area contributed by atoms with E-state index in [2.05, 4.69) is 5.32 Å². The summed E-state index contributed by atoms with van der Waals surface area (Å²) in [6.45, 7) is 1.86. The Bertz CT molecular complexity index is 870. The number of hydrogen-bond acceptors (Lipinski definition) is 5. The Kier molecular flexibility index (Phi) is 6.84. The van der Waals surface area contributed by atoms with Crippen LogP contribution in [0.15, 0.2) is 48.0 Å². The molecule has 1 atom stereocenters. The molecule has 0 heterocycles. The maximum Gasteiger partial charge on any atom is 0.262 e. The van der Waals surface area contributed by atoms with Crippen molar-refractivity contribution >= 4 is 12.0 Å². The van der Waals surface area contributed by atoms with Gasteiger partial charge in [0.15, 0.2) is 11.5 Å². The first-order valence-electron chi connectivity index (χ1n) is 8.32. The molecule has 0 aliphatic carbocycles. The molecular formula is C21H22N2O4. The van der Waals surface area contributed by atoms with Crippen molar-refractivity contribution in [2.45, 2.75) is 13.0 Å². The quantitative estimate of drug-likeness (QED) is 0.599. The number of benzene rings is 2. The zero-order chi connectivity index (χ0) is 19.8. The van der Waals surface area contributed by atoms with E-state index in [4.69, 9.17) is 14.2 Å². The number of nitrogens with zero attached hydrogens (tertiary/aromatic N) is 1. The van der Waals surface area contributed by atoms with E-state index in [1.165, 1.54) is 27.4 Å². The van der Waals surface area contributed by atoms with E-state index in [0.717, 1.165) is 5.56 Å². The van der Waals surface area contributed by atoms with E-state index in [0.29, 0.717) is 22.8 Å². The molecule has 0 aliphatic heterocycles. The minimum atomic E-state index is -0.467. The van der Waals surface area contributed by atoms with Crippen molar-refractivity contribution in [3.05, 3.63) is 59.2 Å². The zero-order valence-corrected chi connectivity index (χ0v) is 15.8. The normalized spacial score (nSPS) is 11.9. The molecule has 2 aromatic rings. The molecular weight excluding hydrogens is 344 g/mol. The third kappa shape index (κ3) is 4.59.